The molecule has 2 aliphatic rings. The molecule has 3 heteroatoms. The lowest BCUT2D eigenvalue weighted by Crippen LogP contribution is -2.44. The zero-order valence-electron chi connectivity index (χ0n) is 12.4. The van der Waals surface area contributed by atoms with Gasteiger partial charge in [-0.2, -0.15) is 0 Å². The number of nitrogens with zero attached hydrogens (tertiary/aromatic N) is 1. The molecule has 2 heterocycles. The first-order chi connectivity index (χ1) is 9.65. The first-order valence-electron chi connectivity index (χ1n) is 7.67. The van der Waals surface area contributed by atoms with E-state index >= 15 is 0 Å². The van der Waals surface area contributed by atoms with Crippen molar-refractivity contribution in [3.63, 3.8) is 0 Å². The highest BCUT2D eigenvalue weighted by Crippen LogP contribution is 2.30. The molecule has 1 fully saturated rings. The van der Waals surface area contributed by atoms with E-state index in [1.807, 2.05) is 0 Å². The number of fused-ring (bicyclic) bond motifs is 1. The van der Waals surface area contributed by atoms with Crippen LogP contribution < -0.4 is 4.74 Å². The lowest BCUT2D eigenvalue weighted by Gasteiger charge is -2.32. The molecule has 1 saturated heterocycles. The number of rotatable bonds is 3. The smallest absolute Gasteiger partial charge is 0.138 e. The summed E-state index contributed by atoms with van der Waals surface area (Å²) in [5.41, 5.74) is 2.62. The third kappa shape index (κ3) is 2.73. The van der Waals surface area contributed by atoms with Crippen LogP contribution in [-0.2, 0) is 11.2 Å². The third-order valence-corrected chi connectivity index (χ3v) is 4.52. The number of likely N-dealkylation sites (tertiary alicyclic amines) is 1. The van der Waals surface area contributed by atoms with Crippen molar-refractivity contribution in [3.05, 3.63) is 29.3 Å². The van der Waals surface area contributed by atoms with Gasteiger partial charge in [-0.3, -0.25) is 9.69 Å². The molecule has 0 aliphatic carbocycles. The third-order valence-electron chi connectivity index (χ3n) is 4.52. The van der Waals surface area contributed by atoms with Crippen molar-refractivity contribution in [2.45, 2.75) is 39.2 Å². The Balaban J connectivity index is 1.59. The lowest BCUT2D eigenvalue weighted by atomic mass is 9.94. The summed E-state index contributed by atoms with van der Waals surface area (Å²) < 4.78 is 6.03. The molecule has 20 heavy (non-hydrogen) atoms. The normalized spacial score (nSPS) is 26.4. The van der Waals surface area contributed by atoms with Crippen LogP contribution in [0, 0.1) is 12.8 Å². The SMILES string of the molecule is CCC1CN(CC2Cc3cc(C)ccc3O2)CCC1=O. The van der Waals surface area contributed by atoms with Gasteiger partial charge >= 0.3 is 0 Å². The Morgan fingerprint density at radius 1 is 1.40 bits per heavy atom. The summed E-state index contributed by atoms with van der Waals surface area (Å²) in [6, 6.07) is 6.41. The predicted molar refractivity (Wildman–Crippen MR) is 79.1 cm³/mol. The molecule has 2 aliphatic heterocycles. The van der Waals surface area contributed by atoms with Gasteiger partial charge in [-0.25, -0.2) is 0 Å². The second-order valence-electron chi connectivity index (χ2n) is 6.14. The highest BCUT2D eigenvalue weighted by molar-refractivity contribution is 5.82. The highest BCUT2D eigenvalue weighted by Gasteiger charge is 2.30. The molecule has 0 N–H and O–H groups in total. The maximum absolute atomic E-state index is 11.8. The summed E-state index contributed by atoms with van der Waals surface area (Å²) in [5.74, 6) is 1.71. The molecule has 2 atom stereocenters. The molecular formula is C17H23NO2. The molecule has 1 aromatic rings. The van der Waals surface area contributed by atoms with Crippen LogP contribution in [0.15, 0.2) is 18.2 Å². The van der Waals surface area contributed by atoms with Crippen LogP contribution in [0.3, 0.4) is 0 Å². The van der Waals surface area contributed by atoms with E-state index in [4.69, 9.17) is 4.74 Å². The standard InChI is InChI=1S/C17H23NO2/c1-3-13-10-18(7-6-16(13)19)11-15-9-14-8-12(2)4-5-17(14)20-15/h4-5,8,13,15H,3,6-7,9-11H2,1-2H3. The van der Waals surface area contributed by atoms with E-state index in [0.717, 1.165) is 38.2 Å². The fraction of sp³-hybridized carbons (Fsp3) is 0.588. The number of aryl methyl sites for hydroxylation is 1. The summed E-state index contributed by atoms with van der Waals surface area (Å²) in [7, 11) is 0. The average molecular weight is 273 g/mol. The Hall–Kier alpha value is -1.35. The zero-order valence-corrected chi connectivity index (χ0v) is 12.4. The molecule has 0 aromatic heterocycles. The van der Waals surface area contributed by atoms with E-state index in [0.29, 0.717) is 12.2 Å². The monoisotopic (exact) mass is 273 g/mol. The molecule has 1 aromatic carbocycles. The topological polar surface area (TPSA) is 29.5 Å². The number of carbonyl (C=O) groups excluding carboxylic acids is 1. The summed E-state index contributed by atoms with van der Waals surface area (Å²) >= 11 is 0. The van der Waals surface area contributed by atoms with Gasteiger partial charge in [-0.15, -0.1) is 0 Å². The molecule has 0 radical (unpaired) electrons. The molecule has 2 unspecified atom stereocenters. The molecular weight excluding hydrogens is 250 g/mol. The van der Waals surface area contributed by atoms with E-state index < -0.39 is 0 Å². The van der Waals surface area contributed by atoms with Gasteiger partial charge in [0.15, 0.2) is 0 Å². The summed E-state index contributed by atoms with van der Waals surface area (Å²) in [6.07, 6.45) is 2.91. The maximum atomic E-state index is 11.8. The summed E-state index contributed by atoms with van der Waals surface area (Å²) in [5, 5.41) is 0. The van der Waals surface area contributed by atoms with E-state index in [1.165, 1.54) is 11.1 Å². The number of piperidine rings is 1. The van der Waals surface area contributed by atoms with E-state index in [2.05, 4.69) is 36.9 Å². The number of ether oxygens (including phenoxy) is 1. The van der Waals surface area contributed by atoms with E-state index in [1.54, 1.807) is 0 Å². The fourth-order valence-corrected chi connectivity index (χ4v) is 3.34. The molecule has 0 bridgehead atoms. The van der Waals surface area contributed by atoms with Gasteiger partial charge in [-0.1, -0.05) is 24.6 Å². The van der Waals surface area contributed by atoms with Gasteiger partial charge in [0, 0.05) is 38.4 Å². The number of Topliss-reactive ketones (excluding diaryl/α,β-unsaturated/α-hetero) is 1. The van der Waals surface area contributed by atoms with Crippen LogP contribution in [0.5, 0.6) is 5.75 Å². The number of ketones is 1. The van der Waals surface area contributed by atoms with Crippen molar-refractivity contribution in [2.75, 3.05) is 19.6 Å². The van der Waals surface area contributed by atoms with Crippen LogP contribution in [0.1, 0.15) is 30.9 Å². The Kier molecular flexibility index (Phi) is 3.79. The van der Waals surface area contributed by atoms with Crippen LogP contribution >= 0.6 is 0 Å². The molecule has 108 valence electrons. The molecule has 3 rings (SSSR count). The maximum Gasteiger partial charge on any atom is 0.138 e. The predicted octanol–water partition coefficient (Wildman–Crippen LogP) is 2.60. The van der Waals surface area contributed by atoms with Gasteiger partial charge < -0.3 is 4.74 Å². The van der Waals surface area contributed by atoms with Crippen molar-refractivity contribution in [3.8, 4) is 5.75 Å². The van der Waals surface area contributed by atoms with Crippen molar-refractivity contribution < 1.29 is 9.53 Å². The average Bonchev–Trinajstić information content (AvgIpc) is 2.82. The minimum Gasteiger partial charge on any atom is -0.488 e. The van der Waals surface area contributed by atoms with Crippen LogP contribution in [-0.4, -0.2) is 36.4 Å². The van der Waals surface area contributed by atoms with Crippen molar-refractivity contribution in [2.24, 2.45) is 5.92 Å². The van der Waals surface area contributed by atoms with Crippen LogP contribution in [0.25, 0.3) is 0 Å². The molecule has 0 spiro atoms. The summed E-state index contributed by atoms with van der Waals surface area (Å²) in [6.45, 7) is 6.97. The van der Waals surface area contributed by atoms with E-state index in [9.17, 15) is 4.79 Å². The largest absolute Gasteiger partial charge is 0.488 e. The molecule has 0 amide bonds. The van der Waals surface area contributed by atoms with Gasteiger partial charge in [0.1, 0.15) is 17.6 Å². The molecule has 0 saturated carbocycles. The quantitative estimate of drug-likeness (QED) is 0.848. The first-order valence-corrected chi connectivity index (χ1v) is 7.67. The Bertz CT molecular complexity index is 512. The second kappa shape index (κ2) is 5.57. The van der Waals surface area contributed by atoms with Crippen LogP contribution in [0.2, 0.25) is 0 Å². The van der Waals surface area contributed by atoms with Gasteiger partial charge in [0.25, 0.3) is 0 Å². The minimum absolute atomic E-state index is 0.231. The number of hydrogen-bond acceptors (Lipinski definition) is 3. The minimum atomic E-state index is 0.231. The van der Waals surface area contributed by atoms with Gasteiger partial charge in [-0.05, 0) is 25.0 Å². The Morgan fingerprint density at radius 2 is 2.25 bits per heavy atom. The van der Waals surface area contributed by atoms with Crippen molar-refractivity contribution in [1.82, 2.24) is 4.90 Å². The molecule has 3 nitrogen and oxygen atoms in total. The first kappa shape index (κ1) is 13.6. The number of carbonyl (C=O) groups is 1. The van der Waals surface area contributed by atoms with E-state index in [-0.39, 0.29) is 12.0 Å². The Labute approximate surface area is 120 Å². The second-order valence-corrected chi connectivity index (χ2v) is 6.14. The van der Waals surface area contributed by atoms with Crippen molar-refractivity contribution in [1.29, 1.82) is 0 Å². The lowest BCUT2D eigenvalue weighted by molar-refractivity contribution is -0.126. The van der Waals surface area contributed by atoms with Gasteiger partial charge in [0.2, 0.25) is 0 Å². The van der Waals surface area contributed by atoms with Crippen molar-refractivity contribution >= 4 is 5.78 Å². The summed E-state index contributed by atoms with van der Waals surface area (Å²) in [4.78, 5) is 14.2. The number of hydrogen-bond donors (Lipinski definition) is 0. The Morgan fingerprint density at radius 3 is 3.05 bits per heavy atom. The van der Waals surface area contributed by atoms with Gasteiger partial charge in [0.05, 0.1) is 0 Å². The highest BCUT2D eigenvalue weighted by atomic mass is 16.5. The zero-order chi connectivity index (χ0) is 14.1. The fourth-order valence-electron chi connectivity index (χ4n) is 3.34. The number of benzene rings is 1. The van der Waals surface area contributed by atoms with Crippen LogP contribution in [0.4, 0.5) is 0 Å².